The topological polar surface area (TPSA) is 85.5 Å². The molecular weight excluding hydrogens is 483 g/mol. The number of aliphatic imine (C=N–C) groups is 1. The number of nitrogens with one attached hydrogen (secondary N) is 2. The van der Waals surface area contributed by atoms with E-state index in [1.165, 1.54) is 5.56 Å². The first-order valence-corrected chi connectivity index (χ1v) is 9.95. The van der Waals surface area contributed by atoms with Gasteiger partial charge in [-0.15, -0.1) is 24.0 Å². The number of nitrogens with zero attached hydrogens (tertiary/aromatic N) is 4. The van der Waals surface area contributed by atoms with Crippen molar-refractivity contribution in [1.82, 2.24) is 25.0 Å². The summed E-state index contributed by atoms with van der Waals surface area (Å²) in [6, 6.07) is 8.08. The van der Waals surface area contributed by atoms with Crippen molar-refractivity contribution in [3.8, 4) is 5.75 Å². The number of benzene rings is 1. The Hall–Kier alpha value is -2.04. The van der Waals surface area contributed by atoms with Gasteiger partial charge in [0.25, 0.3) is 0 Å². The second-order valence-electron chi connectivity index (χ2n) is 6.91. The summed E-state index contributed by atoms with van der Waals surface area (Å²) >= 11 is 0. The van der Waals surface area contributed by atoms with Gasteiger partial charge in [0, 0.05) is 39.6 Å². The maximum absolute atomic E-state index is 12.3. The van der Waals surface area contributed by atoms with E-state index >= 15 is 0 Å². The van der Waals surface area contributed by atoms with Crippen LogP contribution in [-0.4, -0.2) is 47.6 Å². The average Bonchev–Trinajstić information content (AvgIpc) is 3.06. The summed E-state index contributed by atoms with van der Waals surface area (Å²) in [6.07, 6.45) is 4.82. The molecule has 9 heteroatoms. The zero-order valence-electron chi connectivity index (χ0n) is 17.2. The summed E-state index contributed by atoms with van der Waals surface area (Å²) in [6.45, 7) is 2.95. The summed E-state index contributed by atoms with van der Waals surface area (Å²) in [7, 11) is 3.43. The highest BCUT2D eigenvalue weighted by Gasteiger charge is 2.16. The molecule has 0 atom stereocenters. The fraction of sp³-hybridized carbons (Fsp3) is 0.550. The molecule has 0 spiro atoms. The second-order valence-corrected chi connectivity index (χ2v) is 6.91. The van der Waals surface area contributed by atoms with Crippen molar-refractivity contribution >= 4 is 29.9 Å². The van der Waals surface area contributed by atoms with Gasteiger partial charge < -0.3 is 15.4 Å². The number of hydrogen-bond donors (Lipinski definition) is 2. The van der Waals surface area contributed by atoms with Crippen LogP contribution >= 0.6 is 24.0 Å². The zero-order chi connectivity index (χ0) is 19.8. The highest BCUT2D eigenvalue weighted by molar-refractivity contribution is 14.0. The molecular formula is C20H31IN6O2. The Balaban J connectivity index is 0.00000300. The van der Waals surface area contributed by atoms with Crippen molar-refractivity contribution in [3.05, 3.63) is 46.1 Å². The van der Waals surface area contributed by atoms with Gasteiger partial charge in [-0.05, 0) is 43.4 Å². The first-order chi connectivity index (χ1) is 13.7. The second kappa shape index (κ2) is 11.8. The number of ether oxygens (including phenoxy) is 1. The standard InChI is InChI=1S/C20H30N6O2.HI/c1-21-19(23-13-11-16-7-9-17(28-2)10-8-16)22-12-5-15-26-20(27)25-14-4-3-6-18(25)24-26;/h7-10H,3-6,11-15H2,1-2H3,(H2,21,22,23);1H. The van der Waals surface area contributed by atoms with Crippen LogP contribution < -0.4 is 21.1 Å². The molecule has 0 unspecified atom stereocenters. The molecule has 29 heavy (non-hydrogen) atoms. The van der Waals surface area contributed by atoms with E-state index in [4.69, 9.17) is 4.74 Å². The first-order valence-electron chi connectivity index (χ1n) is 9.95. The number of guanidine groups is 1. The lowest BCUT2D eigenvalue weighted by Crippen LogP contribution is -2.39. The van der Waals surface area contributed by atoms with Gasteiger partial charge in [-0.2, -0.15) is 5.10 Å². The van der Waals surface area contributed by atoms with Crippen LogP contribution in [-0.2, 0) is 25.9 Å². The van der Waals surface area contributed by atoms with Gasteiger partial charge in [-0.3, -0.25) is 9.56 Å². The molecule has 2 N–H and O–H groups in total. The van der Waals surface area contributed by atoms with E-state index in [9.17, 15) is 4.79 Å². The first kappa shape index (κ1) is 23.2. The number of methoxy groups -OCH3 is 1. The van der Waals surface area contributed by atoms with E-state index < -0.39 is 0 Å². The summed E-state index contributed by atoms with van der Waals surface area (Å²) in [5.41, 5.74) is 1.27. The Morgan fingerprint density at radius 2 is 1.97 bits per heavy atom. The predicted octanol–water partition coefficient (Wildman–Crippen LogP) is 1.81. The maximum Gasteiger partial charge on any atom is 0.345 e. The van der Waals surface area contributed by atoms with Crippen LogP contribution in [0.4, 0.5) is 0 Å². The minimum Gasteiger partial charge on any atom is -0.497 e. The van der Waals surface area contributed by atoms with E-state index in [1.54, 1.807) is 18.8 Å². The Kier molecular flexibility index (Phi) is 9.49. The highest BCUT2D eigenvalue weighted by Crippen LogP contribution is 2.11. The summed E-state index contributed by atoms with van der Waals surface area (Å²) in [5.74, 6) is 2.57. The number of halogens is 1. The summed E-state index contributed by atoms with van der Waals surface area (Å²) < 4.78 is 8.59. The third-order valence-electron chi connectivity index (χ3n) is 4.96. The van der Waals surface area contributed by atoms with Gasteiger partial charge in [-0.25, -0.2) is 9.48 Å². The van der Waals surface area contributed by atoms with Gasteiger partial charge >= 0.3 is 5.69 Å². The molecule has 160 valence electrons. The van der Waals surface area contributed by atoms with E-state index in [1.807, 2.05) is 16.7 Å². The molecule has 2 aromatic rings. The summed E-state index contributed by atoms with van der Waals surface area (Å²) in [5, 5.41) is 11.1. The molecule has 0 saturated heterocycles. The van der Waals surface area contributed by atoms with Crippen LogP contribution in [0.1, 0.15) is 30.7 Å². The molecule has 0 fully saturated rings. The number of aryl methyl sites for hydroxylation is 2. The molecule has 1 aromatic heterocycles. The van der Waals surface area contributed by atoms with Crippen LogP contribution in [0.2, 0.25) is 0 Å². The van der Waals surface area contributed by atoms with Crippen LogP contribution in [0.5, 0.6) is 5.75 Å². The fourth-order valence-electron chi connectivity index (χ4n) is 3.37. The van der Waals surface area contributed by atoms with Crippen molar-refractivity contribution in [2.45, 2.75) is 45.2 Å². The van der Waals surface area contributed by atoms with Gasteiger partial charge in [0.2, 0.25) is 0 Å². The van der Waals surface area contributed by atoms with Crippen LogP contribution in [0.3, 0.4) is 0 Å². The fourth-order valence-corrected chi connectivity index (χ4v) is 3.37. The number of rotatable bonds is 8. The number of fused-ring (bicyclic) bond motifs is 1. The monoisotopic (exact) mass is 514 g/mol. The molecule has 3 rings (SSSR count). The van der Waals surface area contributed by atoms with Crippen LogP contribution in [0.15, 0.2) is 34.1 Å². The third-order valence-corrected chi connectivity index (χ3v) is 4.96. The lowest BCUT2D eigenvalue weighted by molar-refractivity contribution is 0.414. The lowest BCUT2D eigenvalue weighted by atomic mass is 10.1. The quantitative estimate of drug-likeness (QED) is 0.243. The van der Waals surface area contributed by atoms with Crippen molar-refractivity contribution in [3.63, 3.8) is 0 Å². The minimum atomic E-state index is 0. The lowest BCUT2D eigenvalue weighted by Gasteiger charge is -2.12. The molecule has 0 saturated carbocycles. The molecule has 8 nitrogen and oxygen atoms in total. The zero-order valence-corrected chi connectivity index (χ0v) is 19.5. The molecule has 0 radical (unpaired) electrons. The predicted molar refractivity (Wildman–Crippen MR) is 126 cm³/mol. The molecule has 2 heterocycles. The van der Waals surface area contributed by atoms with Crippen molar-refractivity contribution in [2.24, 2.45) is 4.99 Å². The molecule has 0 aliphatic carbocycles. The highest BCUT2D eigenvalue weighted by atomic mass is 127. The Bertz CT molecular complexity index is 844. The Morgan fingerprint density at radius 3 is 2.66 bits per heavy atom. The van der Waals surface area contributed by atoms with Gasteiger partial charge in [-0.1, -0.05) is 12.1 Å². The van der Waals surface area contributed by atoms with E-state index in [2.05, 4.69) is 32.9 Å². The average molecular weight is 514 g/mol. The van der Waals surface area contributed by atoms with Gasteiger partial charge in [0.05, 0.1) is 7.11 Å². The van der Waals surface area contributed by atoms with Crippen molar-refractivity contribution in [2.75, 3.05) is 27.2 Å². The van der Waals surface area contributed by atoms with E-state index in [0.29, 0.717) is 6.54 Å². The SMILES string of the molecule is CN=C(NCCCn1nc2n(c1=O)CCCC2)NCCc1ccc(OC)cc1.I. The van der Waals surface area contributed by atoms with Crippen molar-refractivity contribution < 1.29 is 4.74 Å². The Morgan fingerprint density at radius 1 is 1.21 bits per heavy atom. The van der Waals surface area contributed by atoms with Crippen molar-refractivity contribution in [1.29, 1.82) is 0 Å². The molecule has 1 aliphatic heterocycles. The van der Waals surface area contributed by atoms with E-state index in [0.717, 1.165) is 69.3 Å². The van der Waals surface area contributed by atoms with Gasteiger partial charge in [0.1, 0.15) is 11.6 Å². The Labute approximate surface area is 188 Å². The largest absolute Gasteiger partial charge is 0.497 e. The third kappa shape index (κ3) is 6.48. The van der Waals surface area contributed by atoms with Crippen LogP contribution in [0.25, 0.3) is 0 Å². The smallest absolute Gasteiger partial charge is 0.345 e. The number of hydrogen-bond acceptors (Lipinski definition) is 4. The minimum absolute atomic E-state index is 0. The molecule has 1 aliphatic rings. The maximum atomic E-state index is 12.3. The van der Waals surface area contributed by atoms with E-state index in [-0.39, 0.29) is 29.7 Å². The number of aromatic nitrogens is 3. The van der Waals surface area contributed by atoms with Crippen LogP contribution in [0, 0.1) is 0 Å². The van der Waals surface area contributed by atoms with Gasteiger partial charge in [0.15, 0.2) is 5.96 Å². The molecule has 0 bridgehead atoms. The summed E-state index contributed by atoms with van der Waals surface area (Å²) in [4.78, 5) is 16.6. The molecule has 1 aromatic carbocycles. The molecule has 0 amide bonds. The normalized spacial score (nSPS) is 13.4.